The number of amides is 1. The molecule has 0 aliphatic carbocycles. The van der Waals surface area contributed by atoms with E-state index in [4.69, 9.17) is 21.1 Å². The molecule has 0 aliphatic rings. The first-order chi connectivity index (χ1) is 14.7. The largest absolute Gasteiger partial charge is 0.466 e. The van der Waals surface area contributed by atoms with Crippen molar-refractivity contribution in [3.63, 3.8) is 0 Å². The van der Waals surface area contributed by atoms with Gasteiger partial charge < -0.3 is 14.8 Å². The van der Waals surface area contributed by atoms with Crippen molar-refractivity contribution < 1.29 is 19.1 Å². The molecule has 168 valence electrons. The second-order valence-electron chi connectivity index (χ2n) is 8.53. The SMILES string of the molecule is CCCCOC(=O)C[C@@H](Cc1ccc(-c2cccc(Cl)c2)cc1)NC(=O)OC(C)(C)C. The van der Waals surface area contributed by atoms with Crippen molar-refractivity contribution in [3.05, 3.63) is 59.1 Å². The first-order valence-corrected chi connectivity index (χ1v) is 11.0. The monoisotopic (exact) mass is 445 g/mol. The van der Waals surface area contributed by atoms with Crippen molar-refractivity contribution in [2.24, 2.45) is 0 Å². The van der Waals surface area contributed by atoms with E-state index in [2.05, 4.69) is 5.32 Å². The van der Waals surface area contributed by atoms with E-state index in [1.165, 1.54) is 0 Å². The third-order valence-corrected chi connectivity index (χ3v) is 4.72. The lowest BCUT2D eigenvalue weighted by molar-refractivity contribution is -0.144. The molecule has 0 unspecified atom stereocenters. The summed E-state index contributed by atoms with van der Waals surface area (Å²) in [5.74, 6) is -0.329. The third-order valence-electron chi connectivity index (χ3n) is 4.49. The zero-order chi connectivity index (χ0) is 22.9. The second kappa shape index (κ2) is 11.8. The van der Waals surface area contributed by atoms with E-state index in [0.29, 0.717) is 18.1 Å². The van der Waals surface area contributed by atoms with Gasteiger partial charge in [-0.3, -0.25) is 4.79 Å². The molecule has 0 heterocycles. The van der Waals surface area contributed by atoms with E-state index in [0.717, 1.165) is 29.5 Å². The Labute approximate surface area is 190 Å². The Morgan fingerprint density at radius 1 is 1.06 bits per heavy atom. The molecule has 0 fully saturated rings. The minimum atomic E-state index is -0.616. The van der Waals surface area contributed by atoms with Crippen molar-refractivity contribution in [3.8, 4) is 11.1 Å². The molecule has 0 saturated heterocycles. The Bertz CT molecular complexity index is 859. The van der Waals surface area contributed by atoms with Crippen LogP contribution in [0.3, 0.4) is 0 Å². The Morgan fingerprint density at radius 2 is 1.77 bits per heavy atom. The van der Waals surface area contributed by atoms with E-state index >= 15 is 0 Å². The van der Waals surface area contributed by atoms with E-state index in [1.54, 1.807) is 20.8 Å². The number of halogens is 1. The Kier molecular flexibility index (Phi) is 9.38. The van der Waals surface area contributed by atoms with Crippen molar-refractivity contribution >= 4 is 23.7 Å². The molecule has 1 atom stereocenters. The molecule has 5 nitrogen and oxygen atoms in total. The van der Waals surface area contributed by atoms with Crippen LogP contribution in [0.1, 0.15) is 52.5 Å². The summed E-state index contributed by atoms with van der Waals surface area (Å²) < 4.78 is 10.6. The van der Waals surface area contributed by atoms with Crippen LogP contribution < -0.4 is 5.32 Å². The van der Waals surface area contributed by atoms with Gasteiger partial charge in [0.25, 0.3) is 0 Å². The highest BCUT2D eigenvalue weighted by Crippen LogP contribution is 2.23. The number of nitrogens with one attached hydrogen (secondary N) is 1. The average molecular weight is 446 g/mol. The molecule has 6 heteroatoms. The highest BCUT2D eigenvalue weighted by molar-refractivity contribution is 6.30. The number of unbranched alkanes of at least 4 members (excludes halogenated alkanes) is 1. The van der Waals surface area contributed by atoms with Crippen LogP contribution in [0.5, 0.6) is 0 Å². The molecule has 2 aromatic rings. The lowest BCUT2D eigenvalue weighted by Gasteiger charge is -2.23. The highest BCUT2D eigenvalue weighted by atomic mass is 35.5. The first-order valence-electron chi connectivity index (χ1n) is 10.7. The van der Waals surface area contributed by atoms with Crippen molar-refractivity contribution in [2.45, 2.75) is 65.0 Å². The van der Waals surface area contributed by atoms with Gasteiger partial charge in [-0.15, -0.1) is 0 Å². The number of rotatable bonds is 9. The van der Waals surface area contributed by atoms with Gasteiger partial charge in [-0.05, 0) is 62.4 Å². The summed E-state index contributed by atoms with van der Waals surface area (Å²) in [4.78, 5) is 24.5. The number of ether oxygens (including phenoxy) is 2. The number of carbonyl (C=O) groups excluding carboxylic acids is 2. The van der Waals surface area contributed by atoms with E-state index in [1.807, 2.05) is 55.5 Å². The smallest absolute Gasteiger partial charge is 0.407 e. The maximum Gasteiger partial charge on any atom is 0.407 e. The summed E-state index contributed by atoms with van der Waals surface area (Å²) in [5, 5.41) is 3.50. The van der Waals surface area contributed by atoms with Crippen LogP contribution in [0.4, 0.5) is 4.79 Å². The molecule has 0 saturated carbocycles. The van der Waals surface area contributed by atoms with Gasteiger partial charge in [0.15, 0.2) is 0 Å². The molecule has 0 spiro atoms. The maximum atomic E-state index is 12.3. The number of alkyl carbamates (subject to hydrolysis) is 1. The van der Waals surface area contributed by atoms with E-state index < -0.39 is 17.7 Å². The van der Waals surface area contributed by atoms with Crippen LogP contribution in [0.2, 0.25) is 5.02 Å². The summed E-state index contributed by atoms with van der Waals surface area (Å²) in [5.41, 5.74) is 2.45. The summed E-state index contributed by atoms with van der Waals surface area (Å²) in [6.07, 6.45) is 1.79. The summed E-state index contributed by atoms with van der Waals surface area (Å²) in [7, 11) is 0. The Balaban J connectivity index is 2.07. The number of esters is 1. The zero-order valence-electron chi connectivity index (χ0n) is 18.7. The Hall–Kier alpha value is -2.53. The fraction of sp³-hybridized carbons (Fsp3) is 0.440. The van der Waals surface area contributed by atoms with Crippen molar-refractivity contribution in [1.29, 1.82) is 0 Å². The van der Waals surface area contributed by atoms with Crippen LogP contribution in [-0.2, 0) is 20.7 Å². The Morgan fingerprint density at radius 3 is 2.39 bits per heavy atom. The fourth-order valence-electron chi connectivity index (χ4n) is 3.02. The minimum Gasteiger partial charge on any atom is -0.466 e. The minimum absolute atomic E-state index is 0.0823. The molecule has 0 radical (unpaired) electrons. The van der Waals surface area contributed by atoms with Crippen LogP contribution in [0.25, 0.3) is 11.1 Å². The van der Waals surface area contributed by atoms with Crippen molar-refractivity contribution in [1.82, 2.24) is 5.32 Å². The normalized spacial score (nSPS) is 12.2. The molecular weight excluding hydrogens is 414 g/mol. The van der Waals surface area contributed by atoms with Gasteiger partial charge >= 0.3 is 12.1 Å². The number of carbonyl (C=O) groups is 2. The van der Waals surface area contributed by atoms with E-state index in [9.17, 15) is 9.59 Å². The van der Waals surface area contributed by atoms with E-state index in [-0.39, 0.29) is 12.4 Å². The number of benzene rings is 2. The van der Waals surface area contributed by atoms with Gasteiger partial charge in [0.1, 0.15) is 5.60 Å². The van der Waals surface area contributed by atoms with Gasteiger partial charge in [-0.1, -0.05) is 61.3 Å². The van der Waals surface area contributed by atoms with Crippen LogP contribution in [0, 0.1) is 0 Å². The molecule has 1 N–H and O–H groups in total. The number of hydrogen-bond acceptors (Lipinski definition) is 4. The molecular formula is C25H32ClNO4. The lowest BCUT2D eigenvalue weighted by Crippen LogP contribution is -2.41. The van der Waals surface area contributed by atoms with Gasteiger partial charge in [0.05, 0.1) is 13.0 Å². The first kappa shape index (κ1) is 24.7. The molecule has 31 heavy (non-hydrogen) atoms. The third kappa shape index (κ3) is 9.43. The summed E-state index contributed by atoms with van der Waals surface area (Å²) in [6.45, 7) is 7.83. The predicted octanol–water partition coefficient (Wildman–Crippen LogP) is 6.18. The van der Waals surface area contributed by atoms with Crippen molar-refractivity contribution in [2.75, 3.05) is 6.61 Å². The quantitative estimate of drug-likeness (QED) is 0.370. The summed E-state index contributed by atoms with van der Waals surface area (Å²) in [6, 6.07) is 15.2. The number of hydrogen-bond donors (Lipinski definition) is 1. The van der Waals surface area contributed by atoms with Gasteiger partial charge in [0, 0.05) is 11.1 Å². The zero-order valence-corrected chi connectivity index (χ0v) is 19.5. The van der Waals surface area contributed by atoms with Gasteiger partial charge in [-0.2, -0.15) is 0 Å². The molecule has 0 aromatic heterocycles. The van der Waals surface area contributed by atoms with Gasteiger partial charge in [-0.25, -0.2) is 4.79 Å². The van der Waals surface area contributed by atoms with Gasteiger partial charge in [0.2, 0.25) is 0 Å². The molecule has 0 aliphatic heterocycles. The molecule has 2 aromatic carbocycles. The molecule has 1 amide bonds. The molecule has 0 bridgehead atoms. The fourth-order valence-corrected chi connectivity index (χ4v) is 3.22. The average Bonchev–Trinajstić information content (AvgIpc) is 2.67. The highest BCUT2D eigenvalue weighted by Gasteiger charge is 2.22. The second-order valence-corrected chi connectivity index (χ2v) is 8.97. The topological polar surface area (TPSA) is 64.6 Å². The summed E-state index contributed by atoms with van der Waals surface area (Å²) >= 11 is 6.09. The maximum absolute atomic E-state index is 12.3. The standard InChI is InChI=1S/C25H32ClNO4/c1-5-6-14-30-23(28)17-22(27-24(29)31-25(2,3)4)15-18-10-12-19(13-11-18)20-8-7-9-21(26)16-20/h7-13,16,22H,5-6,14-15,17H2,1-4H3,(H,27,29)/t22-/m1/s1. The lowest BCUT2D eigenvalue weighted by atomic mass is 9.99. The van der Waals surface area contributed by atoms with Crippen LogP contribution >= 0.6 is 11.6 Å². The van der Waals surface area contributed by atoms with Crippen LogP contribution in [0.15, 0.2) is 48.5 Å². The molecule has 2 rings (SSSR count). The van der Waals surface area contributed by atoms with Crippen LogP contribution in [-0.4, -0.2) is 30.3 Å². The predicted molar refractivity (Wildman–Crippen MR) is 124 cm³/mol.